The van der Waals surface area contributed by atoms with Gasteiger partial charge in [-0.05, 0) is 54.1 Å². The number of carbonyl (C=O) groups is 2. The SMILES string of the molecule is CCOC(=O)c1cc(Oc2ccc3c(C(=O)Nc4cccc(C(C)(F)F)c4)cccc3c2)ncn1. The molecule has 0 radical (unpaired) electrons. The van der Waals surface area contributed by atoms with Gasteiger partial charge in [-0.25, -0.2) is 23.5 Å². The molecule has 0 aliphatic carbocycles. The largest absolute Gasteiger partial charge is 0.461 e. The second kappa shape index (κ2) is 9.84. The summed E-state index contributed by atoms with van der Waals surface area (Å²) in [5.41, 5.74) is 0.522. The molecule has 9 heteroatoms. The van der Waals surface area contributed by atoms with Crippen molar-refractivity contribution in [2.45, 2.75) is 19.8 Å². The van der Waals surface area contributed by atoms with Crippen LogP contribution in [0.1, 0.15) is 40.3 Å². The lowest BCUT2D eigenvalue weighted by Crippen LogP contribution is -2.14. The molecule has 0 saturated heterocycles. The average Bonchev–Trinajstić information content (AvgIpc) is 2.83. The standard InChI is InChI=1S/C26H21F2N3O4/c1-3-34-25(33)22-14-23(30-15-29-22)35-19-10-11-20-16(12-19)6-4-9-21(20)24(32)31-18-8-5-7-17(13-18)26(2,27)28/h4-15H,3H2,1-2H3,(H,31,32). The summed E-state index contributed by atoms with van der Waals surface area (Å²) in [6.45, 7) is 2.72. The molecule has 1 N–H and O–H groups in total. The Bertz CT molecular complexity index is 1400. The minimum absolute atomic E-state index is 0.0708. The van der Waals surface area contributed by atoms with Crippen LogP contribution in [-0.2, 0) is 10.7 Å². The fourth-order valence-corrected chi connectivity index (χ4v) is 3.42. The van der Waals surface area contributed by atoms with E-state index >= 15 is 0 Å². The summed E-state index contributed by atoms with van der Waals surface area (Å²) in [6.07, 6.45) is 1.20. The molecule has 35 heavy (non-hydrogen) atoms. The van der Waals surface area contributed by atoms with Gasteiger partial charge in [0.15, 0.2) is 5.69 Å². The normalized spacial score (nSPS) is 11.2. The third-order valence-corrected chi connectivity index (χ3v) is 5.07. The van der Waals surface area contributed by atoms with E-state index in [1.165, 1.54) is 30.6 Å². The number of nitrogens with one attached hydrogen (secondary N) is 1. The average molecular weight is 477 g/mol. The number of ether oxygens (including phenoxy) is 2. The third-order valence-electron chi connectivity index (χ3n) is 5.07. The van der Waals surface area contributed by atoms with Crippen molar-refractivity contribution >= 4 is 28.3 Å². The minimum Gasteiger partial charge on any atom is -0.461 e. The van der Waals surface area contributed by atoms with E-state index in [0.717, 1.165) is 6.92 Å². The Balaban J connectivity index is 1.56. The van der Waals surface area contributed by atoms with E-state index in [1.54, 1.807) is 49.4 Å². The van der Waals surface area contributed by atoms with E-state index in [4.69, 9.17) is 9.47 Å². The topological polar surface area (TPSA) is 90.4 Å². The van der Waals surface area contributed by atoms with Crippen molar-refractivity contribution in [1.29, 1.82) is 0 Å². The number of alkyl halides is 2. The van der Waals surface area contributed by atoms with E-state index < -0.39 is 17.8 Å². The Morgan fingerprint density at radius 1 is 1.00 bits per heavy atom. The predicted molar refractivity (Wildman–Crippen MR) is 126 cm³/mol. The lowest BCUT2D eigenvalue weighted by Gasteiger charge is -2.13. The summed E-state index contributed by atoms with van der Waals surface area (Å²) in [7, 11) is 0. The van der Waals surface area contributed by atoms with Gasteiger partial charge in [-0.1, -0.05) is 24.3 Å². The van der Waals surface area contributed by atoms with Crippen LogP contribution in [0, 0.1) is 0 Å². The van der Waals surface area contributed by atoms with Crippen LogP contribution in [0.2, 0.25) is 0 Å². The molecule has 178 valence electrons. The van der Waals surface area contributed by atoms with Gasteiger partial charge >= 0.3 is 5.97 Å². The van der Waals surface area contributed by atoms with E-state index in [2.05, 4.69) is 15.3 Å². The van der Waals surface area contributed by atoms with Gasteiger partial charge in [0.05, 0.1) is 6.61 Å². The zero-order valence-electron chi connectivity index (χ0n) is 18.9. The monoisotopic (exact) mass is 477 g/mol. The highest BCUT2D eigenvalue weighted by molar-refractivity contribution is 6.13. The summed E-state index contributed by atoms with van der Waals surface area (Å²) in [6, 6.07) is 17.2. The number of anilines is 1. The number of amides is 1. The lowest BCUT2D eigenvalue weighted by molar-refractivity contribution is 0.0175. The molecular weight excluding hydrogens is 456 g/mol. The van der Waals surface area contributed by atoms with E-state index in [1.807, 2.05) is 0 Å². The number of rotatable bonds is 7. The first-order chi connectivity index (χ1) is 16.7. The third kappa shape index (κ3) is 5.57. The summed E-state index contributed by atoms with van der Waals surface area (Å²) in [5, 5.41) is 4.03. The number of fused-ring (bicyclic) bond motifs is 1. The second-order valence-corrected chi connectivity index (χ2v) is 7.68. The van der Waals surface area contributed by atoms with Crippen molar-refractivity contribution in [3.8, 4) is 11.6 Å². The Hall–Kier alpha value is -4.40. The molecule has 0 aliphatic rings. The Morgan fingerprint density at radius 2 is 1.80 bits per heavy atom. The van der Waals surface area contributed by atoms with Crippen molar-refractivity contribution in [3.63, 3.8) is 0 Å². The van der Waals surface area contributed by atoms with Crippen molar-refractivity contribution in [1.82, 2.24) is 9.97 Å². The number of hydrogen-bond acceptors (Lipinski definition) is 6. The van der Waals surface area contributed by atoms with Gasteiger partial charge in [0.1, 0.15) is 12.1 Å². The fourth-order valence-electron chi connectivity index (χ4n) is 3.42. The van der Waals surface area contributed by atoms with Crippen LogP contribution in [0.15, 0.2) is 73.1 Å². The highest BCUT2D eigenvalue weighted by atomic mass is 19.3. The molecule has 0 saturated carbocycles. The van der Waals surface area contributed by atoms with Gasteiger partial charge in [0, 0.05) is 29.8 Å². The van der Waals surface area contributed by atoms with Crippen molar-refractivity contribution < 1.29 is 27.8 Å². The molecule has 0 atom stereocenters. The zero-order valence-corrected chi connectivity index (χ0v) is 18.9. The first kappa shape index (κ1) is 23.7. The molecule has 0 unspecified atom stereocenters. The number of aromatic nitrogens is 2. The van der Waals surface area contributed by atoms with Crippen LogP contribution in [0.25, 0.3) is 10.8 Å². The maximum Gasteiger partial charge on any atom is 0.357 e. The maximum absolute atomic E-state index is 13.6. The predicted octanol–water partition coefficient (Wildman–Crippen LogP) is 5.96. The number of esters is 1. The minimum atomic E-state index is -3.02. The van der Waals surface area contributed by atoms with E-state index in [-0.39, 0.29) is 29.4 Å². The number of carbonyl (C=O) groups excluding carboxylic acids is 2. The van der Waals surface area contributed by atoms with Gasteiger partial charge in [0.2, 0.25) is 5.88 Å². The molecule has 1 aromatic heterocycles. The zero-order chi connectivity index (χ0) is 25.0. The molecule has 0 spiro atoms. The highest BCUT2D eigenvalue weighted by Crippen LogP contribution is 2.30. The molecule has 1 amide bonds. The molecule has 7 nitrogen and oxygen atoms in total. The molecule has 4 rings (SSSR count). The first-order valence-corrected chi connectivity index (χ1v) is 10.7. The summed E-state index contributed by atoms with van der Waals surface area (Å²) < 4.78 is 38.0. The van der Waals surface area contributed by atoms with Gasteiger partial charge in [-0.15, -0.1) is 0 Å². The quantitative estimate of drug-likeness (QED) is 0.330. The van der Waals surface area contributed by atoms with Crippen LogP contribution < -0.4 is 10.1 Å². The molecule has 4 aromatic rings. The van der Waals surface area contributed by atoms with Gasteiger partial charge < -0.3 is 14.8 Å². The van der Waals surface area contributed by atoms with Gasteiger partial charge in [-0.2, -0.15) is 0 Å². The van der Waals surface area contributed by atoms with Crippen molar-refractivity contribution in [3.05, 3.63) is 89.9 Å². The molecule has 1 heterocycles. The summed E-state index contributed by atoms with van der Waals surface area (Å²) >= 11 is 0. The van der Waals surface area contributed by atoms with Crippen LogP contribution in [-0.4, -0.2) is 28.5 Å². The number of benzene rings is 3. The number of halogens is 2. The van der Waals surface area contributed by atoms with E-state index in [9.17, 15) is 18.4 Å². The molecular formula is C26H21F2N3O4. The van der Waals surface area contributed by atoms with Crippen LogP contribution >= 0.6 is 0 Å². The maximum atomic E-state index is 13.6. The van der Waals surface area contributed by atoms with Gasteiger partial charge in [-0.3, -0.25) is 4.79 Å². The smallest absolute Gasteiger partial charge is 0.357 e. The highest BCUT2D eigenvalue weighted by Gasteiger charge is 2.24. The Morgan fingerprint density at radius 3 is 2.57 bits per heavy atom. The fraction of sp³-hybridized carbons (Fsp3) is 0.154. The summed E-state index contributed by atoms with van der Waals surface area (Å²) in [4.78, 5) is 32.7. The van der Waals surface area contributed by atoms with Gasteiger partial charge in [0.25, 0.3) is 11.8 Å². The van der Waals surface area contributed by atoms with Crippen LogP contribution in [0.5, 0.6) is 11.6 Å². The molecule has 3 aromatic carbocycles. The van der Waals surface area contributed by atoms with Crippen LogP contribution in [0.4, 0.5) is 14.5 Å². The first-order valence-electron chi connectivity index (χ1n) is 10.7. The molecule has 0 aliphatic heterocycles. The number of hydrogen-bond donors (Lipinski definition) is 1. The van der Waals surface area contributed by atoms with E-state index in [0.29, 0.717) is 22.1 Å². The molecule has 0 fully saturated rings. The van der Waals surface area contributed by atoms with Crippen LogP contribution in [0.3, 0.4) is 0 Å². The summed E-state index contributed by atoms with van der Waals surface area (Å²) in [5.74, 6) is -3.44. The Kier molecular flexibility index (Phi) is 6.68. The second-order valence-electron chi connectivity index (χ2n) is 7.68. The van der Waals surface area contributed by atoms with Crippen molar-refractivity contribution in [2.24, 2.45) is 0 Å². The molecule has 0 bridgehead atoms. The Labute approximate surface area is 199 Å². The lowest BCUT2D eigenvalue weighted by atomic mass is 10.0. The number of nitrogens with zero attached hydrogens (tertiary/aromatic N) is 2. The van der Waals surface area contributed by atoms with Crippen molar-refractivity contribution in [2.75, 3.05) is 11.9 Å².